The second-order valence-corrected chi connectivity index (χ2v) is 6.55. The minimum atomic E-state index is -0.414. The minimum Gasteiger partial charge on any atom is -0.324 e. The van der Waals surface area contributed by atoms with Gasteiger partial charge in [-0.05, 0) is 37.6 Å². The number of para-hydroxylation sites is 1. The van der Waals surface area contributed by atoms with Gasteiger partial charge in [-0.2, -0.15) is 4.68 Å². The lowest BCUT2D eigenvalue weighted by Gasteiger charge is -2.09. The van der Waals surface area contributed by atoms with Crippen molar-refractivity contribution in [3.63, 3.8) is 0 Å². The SMILES string of the molecule is Cc1ccc(-n2nnc3c(=O)n(CC(=O)Nc4ccccc4C)cnc32)cc1. The van der Waals surface area contributed by atoms with E-state index in [1.807, 2.05) is 62.4 Å². The fourth-order valence-electron chi connectivity index (χ4n) is 2.87. The number of hydrogen-bond acceptors (Lipinski definition) is 5. The number of nitrogens with zero attached hydrogens (tertiary/aromatic N) is 5. The van der Waals surface area contributed by atoms with Gasteiger partial charge in [0.05, 0.1) is 5.69 Å². The standard InChI is InChI=1S/C20H18N6O2/c1-13-7-9-15(10-8-13)26-19-18(23-24-26)20(28)25(12-21-19)11-17(27)22-16-6-4-3-5-14(16)2/h3-10,12H,11H2,1-2H3,(H,22,27). The van der Waals surface area contributed by atoms with Crippen LogP contribution in [0.3, 0.4) is 0 Å². The molecule has 0 radical (unpaired) electrons. The zero-order valence-electron chi connectivity index (χ0n) is 15.5. The Bertz CT molecular complexity index is 1220. The number of aromatic nitrogens is 5. The first-order valence-electron chi connectivity index (χ1n) is 8.76. The first kappa shape index (κ1) is 17.6. The lowest BCUT2D eigenvalue weighted by molar-refractivity contribution is -0.116. The van der Waals surface area contributed by atoms with Crippen LogP contribution in [-0.2, 0) is 11.3 Å². The minimum absolute atomic E-state index is 0.117. The summed E-state index contributed by atoms with van der Waals surface area (Å²) in [6, 6.07) is 15.1. The molecule has 2 aromatic heterocycles. The van der Waals surface area contributed by atoms with E-state index in [1.165, 1.54) is 15.6 Å². The number of nitrogens with one attached hydrogen (secondary N) is 1. The summed E-state index contributed by atoms with van der Waals surface area (Å²) < 4.78 is 2.73. The summed E-state index contributed by atoms with van der Waals surface area (Å²) in [5, 5.41) is 10.8. The number of rotatable bonds is 4. The molecule has 0 saturated heterocycles. The van der Waals surface area contributed by atoms with Gasteiger partial charge < -0.3 is 5.32 Å². The lowest BCUT2D eigenvalue weighted by Crippen LogP contribution is -2.28. The van der Waals surface area contributed by atoms with E-state index in [9.17, 15) is 9.59 Å². The van der Waals surface area contributed by atoms with Crippen LogP contribution < -0.4 is 10.9 Å². The van der Waals surface area contributed by atoms with Crippen LogP contribution in [0.1, 0.15) is 11.1 Å². The third-order valence-electron chi connectivity index (χ3n) is 4.44. The predicted molar refractivity (Wildman–Crippen MR) is 105 cm³/mol. The molecule has 4 rings (SSSR count). The van der Waals surface area contributed by atoms with Gasteiger partial charge in [-0.15, -0.1) is 5.10 Å². The van der Waals surface area contributed by atoms with Gasteiger partial charge in [-0.25, -0.2) is 4.98 Å². The number of aryl methyl sites for hydroxylation is 2. The summed E-state index contributed by atoms with van der Waals surface area (Å²) in [5.41, 5.74) is 3.58. The van der Waals surface area contributed by atoms with Crippen molar-refractivity contribution in [3.05, 3.63) is 76.3 Å². The summed E-state index contributed by atoms with van der Waals surface area (Å²) in [6.45, 7) is 3.73. The maximum Gasteiger partial charge on any atom is 0.284 e. The highest BCUT2D eigenvalue weighted by Crippen LogP contribution is 2.14. The summed E-state index contributed by atoms with van der Waals surface area (Å²) in [7, 11) is 0. The number of hydrogen-bond donors (Lipinski definition) is 1. The number of carbonyl (C=O) groups excluding carboxylic acids is 1. The molecule has 2 aromatic carbocycles. The van der Waals surface area contributed by atoms with Crippen molar-refractivity contribution >= 4 is 22.8 Å². The van der Waals surface area contributed by atoms with Crippen molar-refractivity contribution in [1.29, 1.82) is 0 Å². The maximum atomic E-state index is 12.7. The van der Waals surface area contributed by atoms with Crippen LogP contribution in [0.15, 0.2) is 59.7 Å². The summed E-state index contributed by atoms with van der Waals surface area (Å²) >= 11 is 0. The van der Waals surface area contributed by atoms with Gasteiger partial charge in [0, 0.05) is 5.69 Å². The quantitative estimate of drug-likeness (QED) is 0.591. The number of fused-ring (bicyclic) bond motifs is 1. The van der Waals surface area contributed by atoms with Crippen LogP contribution in [0.25, 0.3) is 16.9 Å². The molecule has 0 aliphatic carbocycles. The summed E-state index contributed by atoms with van der Waals surface area (Å²) in [5.74, 6) is -0.316. The Morgan fingerprint density at radius 1 is 1.07 bits per heavy atom. The number of amides is 1. The molecule has 28 heavy (non-hydrogen) atoms. The van der Waals surface area contributed by atoms with Gasteiger partial charge >= 0.3 is 0 Å². The van der Waals surface area contributed by atoms with Crippen molar-refractivity contribution < 1.29 is 4.79 Å². The van der Waals surface area contributed by atoms with E-state index in [-0.39, 0.29) is 18.0 Å². The molecular weight excluding hydrogens is 356 g/mol. The molecule has 140 valence electrons. The molecule has 0 saturated carbocycles. The zero-order chi connectivity index (χ0) is 19.7. The number of benzene rings is 2. The Kier molecular flexibility index (Phi) is 4.44. The van der Waals surface area contributed by atoms with E-state index in [4.69, 9.17) is 0 Å². The topological polar surface area (TPSA) is 94.7 Å². The highest BCUT2D eigenvalue weighted by Gasteiger charge is 2.15. The average Bonchev–Trinajstić information content (AvgIpc) is 3.11. The smallest absolute Gasteiger partial charge is 0.284 e. The molecule has 1 amide bonds. The Labute approximate surface area is 160 Å². The molecule has 0 aliphatic rings. The van der Waals surface area contributed by atoms with Gasteiger partial charge in [0.15, 0.2) is 11.2 Å². The second-order valence-electron chi connectivity index (χ2n) is 6.55. The van der Waals surface area contributed by atoms with E-state index in [2.05, 4.69) is 20.6 Å². The third-order valence-corrected chi connectivity index (χ3v) is 4.44. The van der Waals surface area contributed by atoms with Crippen LogP contribution in [0.4, 0.5) is 5.69 Å². The molecule has 8 nitrogen and oxygen atoms in total. The first-order valence-corrected chi connectivity index (χ1v) is 8.76. The zero-order valence-corrected chi connectivity index (χ0v) is 15.5. The molecule has 0 fully saturated rings. The highest BCUT2D eigenvalue weighted by atomic mass is 16.2. The van der Waals surface area contributed by atoms with Crippen LogP contribution in [-0.4, -0.2) is 30.5 Å². The fraction of sp³-hybridized carbons (Fsp3) is 0.150. The van der Waals surface area contributed by atoms with Crippen molar-refractivity contribution in [1.82, 2.24) is 24.5 Å². The third kappa shape index (κ3) is 3.27. The summed E-state index contributed by atoms with van der Waals surface area (Å²) in [4.78, 5) is 29.3. The Balaban J connectivity index is 1.62. The number of carbonyl (C=O) groups is 1. The molecule has 0 aliphatic heterocycles. The normalized spacial score (nSPS) is 10.9. The summed E-state index contributed by atoms with van der Waals surface area (Å²) in [6.07, 6.45) is 1.34. The van der Waals surface area contributed by atoms with Crippen molar-refractivity contribution in [2.75, 3.05) is 5.32 Å². The van der Waals surface area contributed by atoms with Gasteiger partial charge in [0.2, 0.25) is 5.91 Å². The van der Waals surface area contributed by atoms with Crippen molar-refractivity contribution in [2.45, 2.75) is 20.4 Å². The molecule has 4 aromatic rings. The van der Waals surface area contributed by atoms with Crippen LogP contribution in [0.2, 0.25) is 0 Å². The van der Waals surface area contributed by atoms with E-state index in [0.717, 1.165) is 16.8 Å². The van der Waals surface area contributed by atoms with Gasteiger partial charge in [0.25, 0.3) is 5.56 Å². The molecule has 0 unspecified atom stereocenters. The highest BCUT2D eigenvalue weighted by molar-refractivity contribution is 5.91. The Hall–Kier alpha value is -3.81. The second kappa shape index (κ2) is 7.07. The average molecular weight is 374 g/mol. The molecule has 2 heterocycles. The lowest BCUT2D eigenvalue weighted by atomic mass is 10.2. The number of anilines is 1. The van der Waals surface area contributed by atoms with E-state index < -0.39 is 5.56 Å². The monoisotopic (exact) mass is 374 g/mol. The predicted octanol–water partition coefficient (Wildman–Crippen LogP) is 2.23. The molecule has 0 bridgehead atoms. The van der Waals surface area contributed by atoms with Crippen molar-refractivity contribution in [3.8, 4) is 5.69 Å². The van der Waals surface area contributed by atoms with Crippen LogP contribution in [0.5, 0.6) is 0 Å². The molecular formula is C20H18N6O2. The first-order chi connectivity index (χ1) is 13.5. The Morgan fingerprint density at radius 2 is 1.82 bits per heavy atom. The van der Waals surface area contributed by atoms with E-state index in [1.54, 1.807) is 0 Å². The Morgan fingerprint density at radius 3 is 2.57 bits per heavy atom. The molecule has 8 heteroatoms. The van der Waals surface area contributed by atoms with E-state index in [0.29, 0.717) is 11.3 Å². The molecule has 0 spiro atoms. The van der Waals surface area contributed by atoms with Gasteiger partial charge in [-0.1, -0.05) is 41.1 Å². The maximum absolute atomic E-state index is 12.7. The van der Waals surface area contributed by atoms with Crippen LogP contribution in [0, 0.1) is 13.8 Å². The molecule has 0 atom stereocenters. The molecule has 1 N–H and O–H groups in total. The van der Waals surface area contributed by atoms with Gasteiger partial charge in [-0.3, -0.25) is 14.2 Å². The van der Waals surface area contributed by atoms with Crippen LogP contribution >= 0.6 is 0 Å². The van der Waals surface area contributed by atoms with E-state index >= 15 is 0 Å². The van der Waals surface area contributed by atoms with Crippen molar-refractivity contribution in [2.24, 2.45) is 0 Å². The van der Waals surface area contributed by atoms with Gasteiger partial charge in [0.1, 0.15) is 12.9 Å². The fourth-order valence-corrected chi connectivity index (χ4v) is 2.87. The largest absolute Gasteiger partial charge is 0.324 e.